The number of carbonyl (C=O) groups excluding carboxylic acids is 3. The van der Waals surface area contributed by atoms with Crippen molar-refractivity contribution in [2.75, 3.05) is 13.2 Å². The number of aliphatic hydroxyl groups is 2. The number of unbranched alkanes of at least 4 members (excludes halogenated alkanes) is 15. The lowest BCUT2D eigenvalue weighted by molar-refractivity contribution is -0.301. The Balaban J connectivity index is 2.77. The standard InChI is InChI=1S/C57H92O12/c1-4-7-10-13-16-19-22-23-24-25-26-27-30-31-34-37-40-43-49(58)65-46-48(67-50(59)44-41-38-35-32-28-20-17-14-11-8-5-2)47-66-57-55(53(62)52(61)54(69-57)56(63)64)68-51(60)45-42-39-36-33-29-21-18-15-12-9-6-3/h7,10,14-19,23-24,26-27,31,34,48,52-55,57,61-62H,4-6,8-9,11-13,20-22,25,28-30,32-33,35-47H2,1-3H3,(H,63,64)/b10-7-,17-14-,18-15-,19-16-,24-23-,27-26-,34-31-. The van der Waals surface area contributed by atoms with Crippen LogP contribution >= 0.6 is 0 Å². The molecule has 1 aliphatic heterocycles. The number of carbonyl (C=O) groups is 4. The van der Waals surface area contributed by atoms with Gasteiger partial charge >= 0.3 is 23.9 Å². The van der Waals surface area contributed by atoms with Gasteiger partial charge in [0.05, 0.1) is 6.61 Å². The van der Waals surface area contributed by atoms with E-state index >= 15 is 0 Å². The number of aliphatic hydroxyl groups excluding tert-OH is 2. The Morgan fingerprint density at radius 1 is 0.493 bits per heavy atom. The van der Waals surface area contributed by atoms with Crippen molar-refractivity contribution in [1.82, 2.24) is 0 Å². The molecule has 1 saturated heterocycles. The number of carboxylic acid groups (broad SMARTS) is 1. The van der Waals surface area contributed by atoms with Gasteiger partial charge in [0.2, 0.25) is 0 Å². The van der Waals surface area contributed by atoms with Crippen molar-refractivity contribution in [1.29, 1.82) is 0 Å². The fourth-order valence-electron chi connectivity index (χ4n) is 7.30. The van der Waals surface area contributed by atoms with Crippen LogP contribution in [0.5, 0.6) is 0 Å². The average molecular weight is 969 g/mol. The van der Waals surface area contributed by atoms with Crippen LogP contribution in [0.4, 0.5) is 0 Å². The molecule has 12 nitrogen and oxygen atoms in total. The van der Waals surface area contributed by atoms with Crippen molar-refractivity contribution in [3.8, 4) is 0 Å². The Labute approximate surface area is 416 Å². The van der Waals surface area contributed by atoms with E-state index in [9.17, 15) is 34.5 Å². The monoisotopic (exact) mass is 969 g/mol. The molecule has 1 rings (SSSR count). The van der Waals surface area contributed by atoms with Crippen molar-refractivity contribution in [2.24, 2.45) is 0 Å². The van der Waals surface area contributed by atoms with Gasteiger partial charge in [0.25, 0.3) is 0 Å². The topological polar surface area (TPSA) is 175 Å². The number of hydrogen-bond donors (Lipinski definition) is 3. The van der Waals surface area contributed by atoms with Crippen molar-refractivity contribution < 1.29 is 58.2 Å². The molecule has 0 aromatic rings. The van der Waals surface area contributed by atoms with Gasteiger partial charge in [-0.15, -0.1) is 0 Å². The van der Waals surface area contributed by atoms with E-state index in [1.807, 2.05) is 6.08 Å². The lowest BCUT2D eigenvalue weighted by Crippen LogP contribution is -2.61. The van der Waals surface area contributed by atoms with Gasteiger partial charge in [-0.3, -0.25) is 14.4 Å². The minimum atomic E-state index is -1.91. The van der Waals surface area contributed by atoms with Gasteiger partial charge in [-0.05, 0) is 96.3 Å². The maximum absolute atomic E-state index is 13.0. The van der Waals surface area contributed by atoms with Gasteiger partial charge in [0.1, 0.15) is 18.8 Å². The molecule has 6 atom stereocenters. The Morgan fingerprint density at radius 2 is 0.928 bits per heavy atom. The number of carboxylic acids is 1. The predicted molar refractivity (Wildman–Crippen MR) is 275 cm³/mol. The molecule has 1 heterocycles. The van der Waals surface area contributed by atoms with Crippen LogP contribution in [-0.4, -0.2) is 89.2 Å². The van der Waals surface area contributed by atoms with Crippen LogP contribution < -0.4 is 0 Å². The lowest BCUT2D eigenvalue weighted by atomic mass is 9.98. The summed E-state index contributed by atoms with van der Waals surface area (Å²) in [7, 11) is 0. The van der Waals surface area contributed by atoms with Crippen LogP contribution in [0.15, 0.2) is 85.1 Å². The average Bonchev–Trinajstić information content (AvgIpc) is 3.33. The summed E-state index contributed by atoms with van der Waals surface area (Å²) < 4.78 is 28.2. The number of esters is 3. The van der Waals surface area contributed by atoms with Gasteiger partial charge in [-0.25, -0.2) is 4.79 Å². The molecule has 1 fully saturated rings. The van der Waals surface area contributed by atoms with Crippen molar-refractivity contribution in [3.05, 3.63) is 85.1 Å². The van der Waals surface area contributed by atoms with Crippen LogP contribution in [-0.2, 0) is 42.9 Å². The number of rotatable bonds is 43. The van der Waals surface area contributed by atoms with E-state index in [0.29, 0.717) is 25.7 Å². The minimum Gasteiger partial charge on any atom is -0.479 e. The number of hydrogen-bond acceptors (Lipinski definition) is 11. The predicted octanol–water partition coefficient (Wildman–Crippen LogP) is 12.8. The molecule has 0 aromatic carbocycles. The van der Waals surface area contributed by atoms with Gasteiger partial charge in [0.15, 0.2) is 24.6 Å². The summed E-state index contributed by atoms with van der Waals surface area (Å²) in [5.74, 6) is -3.23. The largest absolute Gasteiger partial charge is 0.479 e. The summed E-state index contributed by atoms with van der Waals surface area (Å²) in [6, 6.07) is 0. The van der Waals surface area contributed by atoms with Gasteiger partial charge in [-0.1, -0.05) is 170 Å². The van der Waals surface area contributed by atoms with Crippen LogP contribution in [0.2, 0.25) is 0 Å². The third-order valence-electron chi connectivity index (χ3n) is 11.4. The first kappa shape index (κ1) is 62.9. The molecule has 3 N–H and O–H groups in total. The van der Waals surface area contributed by atoms with Crippen molar-refractivity contribution in [3.63, 3.8) is 0 Å². The third-order valence-corrected chi connectivity index (χ3v) is 11.4. The first-order valence-electron chi connectivity index (χ1n) is 26.6. The second kappa shape index (κ2) is 45.1. The van der Waals surface area contributed by atoms with Crippen molar-refractivity contribution >= 4 is 23.9 Å². The lowest BCUT2D eigenvalue weighted by Gasteiger charge is -2.40. The third kappa shape index (κ3) is 35.6. The first-order valence-corrected chi connectivity index (χ1v) is 26.6. The van der Waals surface area contributed by atoms with E-state index in [4.69, 9.17) is 23.7 Å². The quantitative estimate of drug-likeness (QED) is 0.0229. The van der Waals surface area contributed by atoms with Gasteiger partial charge in [-0.2, -0.15) is 0 Å². The molecule has 0 saturated carbocycles. The van der Waals surface area contributed by atoms with E-state index in [1.54, 1.807) is 0 Å². The second-order valence-corrected chi connectivity index (χ2v) is 17.8. The summed E-state index contributed by atoms with van der Waals surface area (Å²) in [5, 5.41) is 31.3. The molecule has 1 aliphatic rings. The zero-order valence-electron chi connectivity index (χ0n) is 42.8. The fourth-order valence-corrected chi connectivity index (χ4v) is 7.30. The Kier molecular flexibility index (Phi) is 41.1. The fraction of sp³-hybridized carbons (Fsp3) is 0.684. The zero-order valence-corrected chi connectivity index (χ0v) is 42.8. The molecule has 0 aliphatic carbocycles. The molecule has 0 spiro atoms. The highest BCUT2D eigenvalue weighted by Crippen LogP contribution is 2.26. The van der Waals surface area contributed by atoms with Crippen LogP contribution in [0.1, 0.15) is 201 Å². The van der Waals surface area contributed by atoms with E-state index in [0.717, 1.165) is 109 Å². The van der Waals surface area contributed by atoms with E-state index < -0.39 is 67.3 Å². The van der Waals surface area contributed by atoms with E-state index in [-0.39, 0.29) is 25.9 Å². The second-order valence-electron chi connectivity index (χ2n) is 17.8. The Hall–Kier alpha value is -4.10. The number of allylic oxidation sites excluding steroid dienone is 14. The molecule has 0 amide bonds. The normalized spacial score (nSPS) is 19.3. The first-order chi connectivity index (χ1) is 33.6. The van der Waals surface area contributed by atoms with Crippen molar-refractivity contribution in [2.45, 2.75) is 237 Å². The van der Waals surface area contributed by atoms with Crippen LogP contribution in [0.25, 0.3) is 0 Å². The molecule has 6 unspecified atom stereocenters. The highest BCUT2D eigenvalue weighted by atomic mass is 16.7. The SMILES string of the molecule is CC/C=C\C/C=C\C/C=C\C/C=C\C/C=C\CCCC(=O)OCC(COC1OC(C(=O)O)C(O)C(O)C1OC(=O)CCCCCCC/C=C\CCCC)OC(=O)CCCCCCC/C=C\CCCC. The maximum atomic E-state index is 13.0. The number of ether oxygens (including phenoxy) is 5. The molecule has 0 bridgehead atoms. The number of aliphatic carboxylic acids is 1. The van der Waals surface area contributed by atoms with Crippen LogP contribution in [0, 0.1) is 0 Å². The summed E-state index contributed by atoms with van der Waals surface area (Å²) in [5.41, 5.74) is 0. The summed E-state index contributed by atoms with van der Waals surface area (Å²) in [6.07, 6.45) is 44.4. The molecule has 69 heavy (non-hydrogen) atoms. The Morgan fingerprint density at radius 3 is 1.45 bits per heavy atom. The summed E-state index contributed by atoms with van der Waals surface area (Å²) in [4.78, 5) is 50.8. The molecule has 0 aromatic heterocycles. The highest BCUT2D eigenvalue weighted by molar-refractivity contribution is 5.74. The van der Waals surface area contributed by atoms with E-state index in [2.05, 4.69) is 99.8 Å². The summed E-state index contributed by atoms with van der Waals surface area (Å²) >= 11 is 0. The molecule has 392 valence electrons. The smallest absolute Gasteiger partial charge is 0.335 e. The van der Waals surface area contributed by atoms with Gasteiger partial charge in [0, 0.05) is 19.3 Å². The van der Waals surface area contributed by atoms with Crippen LogP contribution in [0.3, 0.4) is 0 Å². The molecular weight excluding hydrogens is 877 g/mol. The maximum Gasteiger partial charge on any atom is 0.335 e. The van der Waals surface area contributed by atoms with Gasteiger partial charge < -0.3 is 39.0 Å². The highest BCUT2D eigenvalue weighted by Gasteiger charge is 2.50. The summed E-state index contributed by atoms with van der Waals surface area (Å²) in [6.45, 7) is 5.70. The molecular formula is C57H92O12. The molecule has 0 radical (unpaired) electrons. The minimum absolute atomic E-state index is 0.0404. The zero-order chi connectivity index (χ0) is 50.4. The Bertz CT molecular complexity index is 1530. The molecule has 12 heteroatoms. The van der Waals surface area contributed by atoms with E-state index in [1.165, 1.54) is 25.7 Å².